The van der Waals surface area contributed by atoms with E-state index in [1.807, 2.05) is 24.3 Å². The Morgan fingerprint density at radius 3 is 2.62 bits per heavy atom. The standard InChI is InChI=1S/C17H28N2O2/c1-2-3-14-21-16-6-4-15(5-7-16)17(20)8-11-19-12-9-18-10-13-19/h4-7,17-18,20H,2-3,8-14H2,1H3. The molecule has 1 aliphatic heterocycles. The van der Waals surface area contributed by atoms with E-state index in [0.29, 0.717) is 0 Å². The molecule has 1 unspecified atom stereocenters. The van der Waals surface area contributed by atoms with Gasteiger partial charge in [-0.05, 0) is 30.5 Å². The van der Waals surface area contributed by atoms with Gasteiger partial charge in [-0.2, -0.15) is 0 Å². The van der Waals surface area contributed by atoms with Gasteiger partial charge in [0.2, 0.25) is 0 Å². The van der Waals surface area contributed by atoms with Crippen molar-refractivity contribution in [3.63, 3.8) is 0 Å². The molecule has 4 heteroatoms. The first kappa shape index (κ1) is 16.3. The van der Waals surface area contributed by atoms with Crippen LogP contribution < -0.4 is 10.1 Å². The summed E-state index contributed by atoms with van der Waals surface area (Å²) < 4.78 is 5.64. The lowest BCUT2D eigenvalue weighted by molar-refractivity contribution is 0.136. The second-order valence-electron chi connectivity index (χ2n) is 5.67. The molecule has 2 rings (SSSR count). The third kappa shape index (κ3) is 5.65. The Morgan fingerprint density at radius 1 is 1.24 bits per heavy atom. The number of aliphatic hydroxyl groups is 1. The van der Waals surface area contributed by atoms with Gasteiger partial charge in [0.15, 0.2) is 0 Å². The Kier molecular flexibility index (Phi) is 7.00. The molecule has 1 aromatic carbocycles. The molecule has 0 amide bonds. The molecule has 1 saturated heterocycles. The number of nitrogens with one attached hydrogen (secondary N) is 1. The van der Waals surface area contributed by atoms with Crippen LogP contribution in [0.2, 0.25) is 0 Å². The van der Waals surface area contributed by atoms with Crippen LogP contribution in [-0.2, 0) is 0 Å². The fourth-order valence-electron chi connectivity index (χ4n) is 2.53. The topological polar surface area (TPSA) is 44.7 Å². The van der Waals surface area contributed by atoms with Crippen LogP contribution in [0.3, 0.4) is 0 Å². The zero-order valence-electron chi connectivity index (χ0n) is 13.1. The van der Waals surface area contributed by atoms with E-state index in [9.17, 15) is 5.11 Å². The predicted molar refractivity (Wildman–Crippen MR) is 85.7 cm³/mol. The number of rotatable bonds is 8. The highest BCUT2D eigenvalue weighted by atomic mass is 16.5. The summed E-state index contributed by atoms with van der Waals surface area (Å²) in [7, 11) is 0. The van der Waals surface area contributed by atoms with Crippen molar-refractivity contribution >= 4 is 0 Å². The van der Waals surface area contributed by atoms with E-state index in [1.54, 1.807) is 0 Å². The van der Waals surface area contributed by atoms with Crippen LogP contribution >= 0.6 is 0 Å². The number of unbranched alkanes of at least 4 members (excludes halogenated alkanes) is 1. The molecule has 0 radical (unpaired) electrons. The smallest absolute Gasteiger partial charge is 0.119 e. The normalized spacial score (nSPS) is 17.6. The average Bonchev–Trinajstić information content (AvgIpc) is 2.54. The van der Waals surface area contributed by atoms with E-state index in [4.69, 9.17) is 4.74 Å². The number of hydrogen-bond donors (Lipinski definition) is 2. The van der Waals surface area contributed by atoms with Crippen molar-refractivity contribution in [3.05, 3.63) is 29.8 Å². The van der Waals surface area contributed by atoms with E-state index in [1.165, 1.54) is 0 Å². The summed E-state index contributed by atoms with van der Waals surface area (Å²) in [6.45, 7) is 8.15. The third-order valence-corrected chi connectivity index (χ3v) is 3.96. The minimum atomic E-state index is -0.385. The Morgan fingerprint density at radius 2 is 1.95 bits per heavy atom. The maximum Gasteiger partial charge on any atom is 0.119 e. The molecular formula is C17H28N2O2. The fourth-order valence-corrected chi connectivity index (χ4v) is 2.53. The Hall–Kier alpha value is -1.10. The van der Waals surface area contributed by atoms with Crippen molar-refractivity contribution in [2.45, 2.75) is 32.3 Å². The van der Waals surface area contributed by atoms with Gasteiger partial charge in [0, 0.05) is 32.7 Å². The molecule has 4 nitrogen and oxygen atoms in total. The zero-order valence-corrected chi connectivity index (χ0v) is 13.1. The molecule has 0 bridgehead atoms. The van der Waals surface area contributed by atoms with Crippen LogP contribution in [0.25, 0.3) is 0 Å². The van der Waals surface area contributed by atoms with Crippen molar-refractivity contribution in [2.24, 2.45) is 0 Å². The molecule has 1 fully saturated rings. The zero-order chi connectivity index (χ0) is 14.9. The largest absolute Gasteiger partial charge is 0.494 e. The van der Waals surface area contributed by atoms with Crippen molar-refractivity contribution < 1.29 is 9.84 Å². The molecule has 0 aromatic heterocycles. The van der Waals surface area contributed by atoms with Gasteiger partial charge in [0.1, 0.15) is 5.75 Å². The third-order valence-electron chi connectivity index (χ3n) is 3.96. The molecule has 118 valence electrons. The van der Waals surface area contributed by atoms with Crippen molar-refractivity contribution in [1.82, 2.24) is 10.2 Å². The Bertz CT molecular complexity index is 388. The number of hydrogen-bond acceptors (Lipinski definition) is 4. The first-order valence-electron chi connectivity index (χ1n) is 8.13. The summed E-state index contributed by atoms with van der Waals surface area (Å²) in [6.07, 6.45) is 2.62. The van der Waals surface area contributed by atoms with E-state index < -0.39 is 0 Å². The van der Waals surface area contributed by atoms with Crippen molar-refractivity contribution in [2.75, 3.05) is 39.3 Å². The van der Waals surface area contributed by atoms with Crippen molar-refractivity contribution in [3.8, 4) is 5.75 Å². The van der Waals surface area contributed by atoms with Gasteiger partial charge >= 0.3 is 0 Å². The van der Waals surface area contributed by atoms with Crippen LogP contribution in [0.1, 0.15) is 37.9 Å². The Balaban J connectivity index is 1.74. The van der Waals surface area contributed by atoms with Crippen LogP contribution in [0.5, 0.6) is 5.75 Å². The second kappa shape index (κ2) is 9.03. The monoisotopic (exact) mass is 292 g/mol. The summed E-state index contributed by atoms with van der Waals surface area (Å²) in [5.74, 6) is 0.890. The summed E-state index contributed by atoms with van der Waals surface area (Å²) in [5, 5.41) is 13.6. The van der Waals surface area contributed by atoms with E-state index in [2.05, 4.69) is 17.1 Å². The van der Waals surface area contributed by atoms with Crippen LogP contribution in [-0.4, -0.2) is 49.3 Å². The number of nitrogens with zero attached hydrogens (tertiary/aromatic N) is 1. The van der Waals surface area contributed by atoms with Gasteiger partial charge in [-0.1, -0.05) is 25.5 Å². The molecule has 1 aromatic rings. The number of piperazine rings is 1. The minimum absolute atomic E-state index is 0.385. The van der Waals surface area contributed by atoms with E-state index in [-0.39, 0.29) is 6.10 Å². The lowest BCUT2D eigenvalue weighted by Crippen LogP contribution is -2.44. The molecule has 0 saturated carbocycles. The second-order valence-corrected chi connectivity index (χ2v) is 5.67. The molecule has 1 heterocycles. The molecule has 1 atom stereocenters. The summed E-state index contributed by atoms with van der Waals surface area (Å²) in [4.78, 5) is 2.40. The SMILES string of the molecule is CCCCOc1ccc(C(O)CCN2CCNCC2)cc1. The van der Waals surface area contributed by atoms with Gasteiger partial charge in [0.25, 0.3) is 0 Å². The number of ether oxygens (including phenoxy) is 1. The van der Waals surface area contributed by atoms with Crippen LogP contribution in [0, 0.1) is 0 Å². The van der Waals surface area contributed by atoms with E-state index >= 15 is 0 Å². The van der Waals surface area contributed by atoms with Crippen molar-refractivity contribution in [1.29, 1.82) is 0 Å². The van der Waals surface area contributed by atoms with Crippen LogP contribution in [0.15, 0.2) is 24.3 Å². The highest BCUT2D eigenvalue weighted by molar-refractivity contribution is 5.28. The minimum Gasteiger partial charge on any atom is -0.494 e. The number of aliphatic hydroxyl groups excluding tert-OH is 1. The van der Waals surface area contributed by atoms with Gasteiger partial charge in [-0.15, -0.1) is 0 Å². The summed E-state index contributed by atoms with van der Waals surface area (Å²) in [5.41, 5.74) is 0.980. The van der Waals surface area contributed by atoms with Gasteiger partial charge in [-0.3, -0.25) is 0 Å². The lowest BCUT2D eigenvalue weighted by atomic mass is 10.1. The highest BCUT2D eigenvalue weighted by Gasteiger charge is 2.13. The molecule has 2 N–H and O–H groups in total. The van der Waals surface area contributed by atoms with Crippen LogP contribution in [0.4, 0.5) is 0 Å². The Labute approximate surface area is 128 Å². The lowest BCUT2D eigenvalue weighted by Gasteiger charge is -2.28. The van der Waals surface area contributed by atoms with E-state index in [0.717, 1.165) is 69.9 Å². The molecular weight excluding hydrogens is 264 g/mol. The molecule has 21 heavy (non-hydrogen) atoms. The first-order chi connectivity index (χ1) is 10.3. The first-order valence-corrected chi connectivity index (χ1v) is 8.13. The van der Waals surface area contributed by atoms with Gasteiger partial charge < -0.3 is 20.1 Å². The average molecular weight is 292 g/mol. The molecule has 0 aliphatic carbocycles. The van der Waals surface area contributed by atoms with Gasteiger partial charge in [-0.25, -0.2) is 0 Å². The molecule has 0 spiro atoms. The van der Waals surface area contributed by atoms with Gasteiger partial charge in [0.05, 0.1) is 12.7 Å². The number of benzene rings is 1. The fraction of sp³-hybridized carbons (Fsp3) is 0.647. The highest BCUT2D eigenvalue weighted by Crippen LogP contribution is 2.20. The quantitative estimate of drug-likeness (QED) is 0.721. The molecule has 1 aliphatic rings. The maximum absolute atomic E-state index is 10.3. The maximum atomic E-state index is 10.3. The summed E-state index contributed by atoms with van der Waals surface area (Å²) in [6, 6.07) is 7.87. The predicted octanol–water partition coefficient (Wildman–Crippen LogP) is 2.19. The summed E-state index contributed by atoms with van der Waals surface area (Å²) >= 11 is 0.